The first-order valence-electron chi connectivity index (χ1n) is 9.56. The van der Waals surface area contributed by atoms with Crippen molar-refractivity contribution >= 4 is 34.0 Å². The van der Waals surface area contributed by atoms with Gasteiger partial charge in [0.15, 0.2) is 5.13 Å². The Morgan fingerprint density at radius 3 is 2.93 bits per heavy atom. The van der Waals surface area contributed by atoms with Crippen LogP contribution in [0.4, 0.5) is 10.8 Å². The van der Waals surface area contributed by atoms with Crippen LogP contribution >= 0.6 is 11.3 Å². The van der Waals surface area contributed by atoms with Crippen molar-refractivity contribution in [1.82, 2.24) is 9.88 Å². The van der Waals surface area contributed by atoms with Gasteiger partial charge in [-0.2, -0.15) is 0 Å². The lowest BCUT2D eigenvalue weighted by Gasteiger charge is -2.25. The number of rotatable bonds is 6. The predicted octanol–water partition coefficient (Wildman–Crippen LogP) is 2.89. The molecule has 1 saturated carbocycles. The number of hydrogen-bond acceptors (Lipinski definition) is 6. The fourth-order valence-corrected chi connectivity index (χ4v) is 4.47. The zero-order chi connectivity index (χ0) is 19.5. The van der Waals surface area contributed by atoms with E-state index in [-0.39, 0.29) is 17.7 Å². The van der Waals surface area contributed by atoms with Gasteiger partial charge in [-0.1, -0.05) is 12.5 Å². The number of benzene rings is 1. The second-order valence-electron chi connectivity index (χ2n) is 7.25. The van der Waals surface area contributed by atoms with Crippen LogP contribution in [0.5, 0.6) is 5.75 Å². The SMILES string of the molecule is COc1cccc(NC(=O)CN2CCc3nc(NC(=O)C4CCC4)sc3C2)c1. The average molecular weight is 401 g/mol. The molecule has 1 aliphatic heterocycles. The topological polar surface area (TPSA) is 83.6 Å². The number of anilines is 2. The van der Waals surface area contributed by atoms with E-state index >= 15 is 0 Å². The van der Waals surface area contributed by atoms with Gasteiger partial charge in [0.25, 0.3) is 0 Å². The van der Waals surface area contributed by atoms with Gasteiger partial charge in [-0.05, 0) is 25.0 Å². The first-order valence-corrected chi connectivity index (χ1v) is 10.4. The van der Waals surface area contributed by atoms with Crippen molar-refractivity contribution in [3.63, 3.8) is 0 Å². The molecule has 1 fully saturated rings. The summed E-state index contributed by atoms with van der Waals surface area (Å²) in [5, 5.41) is 6.56. The van der Waals surface area contributed by atoms with Crippen molar-refractivity contribution in [2.24, 2.45) is 5.92 Å². The van der Waals surface area contributed by atoms with Gasteiger partial charge < -0.3 is 15.4 Å². The zero-order valence-electron chi connectivity index (χ0n) is 15.9. The molecule has 1 aromatic carbocycles. The number of carbonyl (C=O) groups excluding carboxylic acids is 2. The van der Waals surface area contributed by atoms with Gasteiger partial charge in [-0.25, -0.2) is 4.98 Å². The molecule has 2 aliphatic rings. The molecule has 0 radical (unpaired) electrons. The maximum atomic E-state index is 12.4. The Morgan fingerprint density at radius 2 is 2.18 bits per heavy atom. The van der Waals surface area contributed by atoms with E-state index in [0.29, 0.717) is 24.0 Å². The molecular formula is C20H24N4O3S. The smallest absolute Gasteiger partial charge is 0.238 e. The highest BCUT2D eigenvalue weighted by Crippen LogP contribution is 2.31. The Hall–Kier alpha value is -2.45. The third-order valence-corrected chi connectivity index (χ3v) is 6.23. The highest BCUT2D eigenvalue weighted by molar-refractivity contribution is 7.15. The molecule has 1 aromatic heterocycles. The van der Waals surface area contributed by atoms with Gasteiger partial charge in [0.05, 0.1) is 19.3 Å². The van der Waals surface area contributed by atoms with E-state index in [1.54, 1.807) is 13.2 Å². The van der Waals surface area contributed by atoms with Crippen molar-refractivity contribution in [3.05, 3.63) is 34.8 Å². The molecule has 0 unspecified atom stereocenters. The predicted molar refractivity (Wildman–Crippen MR) is 109 cm³/mol. The third-order valence-electron chi connectivity index (χ3n) is 5.24. The van der Waals surface area contributed by atoms with Crippen LogP contribution in [0.3, 0.4) is 0 Å². The molecule has 0 atom stereocenters. The molecule has 0 saturated heterocycles. The molecule has 1 aliphatic carbocycles. The Morgan fingerprint density at radius 1 is 1.32 bits per heavy atom. The number of aromatic nitrogens is 1. The molecule has 0 bridgehead atoms. The Kier molecular flexibility index (Phi) is 5.59. The molecule has 2 amide bonds. The lowest BCUT2D eigenvalue weighted by molar-refractivity contribution is -0.122. The molecule has 7 nitrogen and oxygen atoms in total. The summed E-state index contributed by atoms with van der Waals surface area (Å²) in [6.45, 7) is 1.77. The molecule has 0 spiro atoms. The summed E-state index contributed by atoms with van der Waals surface area (Å²) in [4.78, 5) is 32.3. The van der Waals surface area contributed by atoms with Crippen LogP contribution in [0.1, 0.15) is 29.8 Å². The van der Waals surface area contributed by atoms with Gasteiger partial charge >= 0.3 is 0 Å². The minimum atomic E-state index is -0.0558. The number of nitrogens with zero attached hydrogens (tertiary/aromatic N) is 2. The molecule has 2 heterocycles. The normalized spacial score (nSPS) is 16.8. The largest absolute Gasteiger partial charge is 0.497 e. The summed E-state index contributed by atoms with van der Waals surface area (Å²) in [5.41, 5.74) is 1.76. The number of hydrogen-bond donors (Lipinski definition) is 2. The fourth-order valence-electron chi connectivity index (χ4n) is 3.42. The summed E-state index contributed by atoms with van der Waals surface area (Å²) in [7, 11) is 1.60. The number of ether oxygens (including phenoxy) is 1. The number of nitrogens with one attached hydrogen (secondary N) is 2. The minimum absolute atomic E-state index is 0.0558. The molecule has 148 valence electrons. The second kappa shape index (κ2) is 8.28. The summed E-state index contributed by atoms with van der Waals surface area (Å²) < 4.78 is 5.18. The van der Waals surface area contributed by atoms with Crippen LogP contribution in [0.15, 0.2) is 24.3 Å². The van der Waals surface area contributed by atoms with Crippen molar-refractivity contribution in [3.8, 4) is 5.75 Å². The Bertz CT molecular complexity index is 878. The van der Waals surface area contributed by atoms with E-state index in [4.69, 9.17) is 4.74 Å². The third kappa shape index (κ3) is 4.34. The summed E-state index contributed by atoms with van der Waals surface area (Å²) in [6.07, 6.45) is 3.89. The number of thiazole rings is 1. The van der Waals surface area contributed by atoms with Gasteiger partial charge in [0.2, 0.25) is 11.8 Å². The number of carbonyl (C=O) groups is 2. The highest BCUT2D eigenvalue weighted by Gasteiger charge is 2.27. The zero-order valence-corrected chi connectivity index (χ0v) is 16.7. The van der Waals surface area contributed by atoms with Gasteiger partial charge in [0, 0.05) is 42.1 Å². The highest BCUT2D eigenvalue weighted by atomic mass is 32.1. The van der Waals surface area contributed by atoms with E-state index in [0.717, 1.165) is 48.5 Å². The second-order valence-corrected chi connectivity index (χ2v) is 8.33. The first kappa shape index (κ1) is 18.9. The number of amides is 2. The Balaban J connectivity index is 1.32. The molecule has 2 N–H and O–H groups in total. The van der Waals surface area contributed by atoms with E-state index < -0.39 is 0 Å². The van der Waals surface area contributed by atoms with E-state index in [2.05, 4.69) is 20.5 Å². The average Bonchev–Trinajstić information content (AvgIpc) is 3.01. The summed E-state index contributed by atoms with van der Waals surface area (Å²) in [5.74, 6) is 0.894. The van der Waals surface area contributed by atoms with Crippen LogP contribution < -0.4 is 15.4 Å². The van der Waals surface area contributed by atoms with Gasteiger partial charge in [-0.15, -0.1) is 11.3 Å². The standard InChI is InChI=1S/C20H24N4O3S/c1-27-15-7-3-6-14(10-15)21-18(25)12-24-9-8-16-17(11-24)28-20(22-16)23-19(26)13-4-2-5-13/h3,6-7,10,13H,2,4-5,8-9,11-12H2,1H3,(H,21,25)(H,22,23,26). The first-order chi connectivity index (χ1) is 13.6. The molecule has 4 rings (SSSR count). The van der Waals surface area contributed by atoms with Gasteiger partial charge in [-0.3, -0.25) is 14.5 Å². The van der Waals surface area contributed by atoms with Crippen molar-refractivity contribution in [2.45, 2.75) is 32.2 Å². The molecule has 2 aromatic rings. The summed E-state index contributed by atoms with van der Waals surface area (Å²) >= 11 is 1.52. The maximum absolute atomic E-state index is 12.4. The van der Waals surface area contributed by atoms with Crippen molar-refractivity contribution in [1.29, 1.82) is 0 Å². The Labute approximate surface area is 168 Å². The maximum Gasteiger partial charge on any atom is 0.238 e. The van der Waals surface area contributed by atoms with Crippen molar-refractivity contribution in [2.75, 3.05) is 30.8 Å². The molecule has 28 heavy (non-hydrogen) atoms. The lowest BCUT2D eigenvalue weighted by atomic mass is 9.85. The van der Waals surface area contributed by atoms with Crippen LogP contribution in [-0.4, -0.2) is 41.9 Å². The van der Waals surface area contributed by atoms with E-state index in [1.165, 1.54) is 11.3 Å². The van der Waals surface area contributed by atoms with E-state index in [1.807, 2.05) is 18.2 Å². The quantitative estimate of drug-likeness (QED) is 0.779. The van der Waals surface area contributed by atoms with Crippen LogP contribution in [0.25, 0.3) is 0 Å². The monoisotopic (exact) mass is 400 g/mol. The van der Waals surface area contributed by atoms with Crippen molar-refractivity contribution < 1.29 is 14.3 Å². The van der Waals surface area contributed by atoms with Crippen LogP contribution in [-0.2, 0) is 22.6 Å². The van der Waals surface area contributed by atoms with Gasteiger partial charge in [0.1, 0.15) is 5.75 Å². The lowest BCUT2D eigenvalue weighted by Crippen LogP contribution is -2.36. The molecular weight excluding hydrogens is 376 g/mol. The number of methoxy groups -OCH3 is 1. The van der Waals surface area contributed by atoms with Crippen LogP contribution in [0, 0.1) is 5.92 Å². The van der Waals surface area contributed by atoms with Crippen LogP contribution in [0.2, 0.25) is 0 Å². The number of fused-ring (bicyclic) bond motifs is 1. The summed E-state index contributed by atoms with van der Waals surface area (Å²) in [6, 6.07) is 7.33. The fraction of sp³-hybridized carbons (Fsp3) is 0.450. The minimum Gasteiger partial charge on any atom is -0.497 e. The van der Waals surface area contributed by atoms with E-state index in [9.17, 15) is 9.59 Å². The molecule has 8 heteroatoms.